The first-order valence-electron chi connectivity index (χ1n) is 5.28. The average molecular weight is 289 g/mol. The fraction of sp³-hybridized carbons (Fsp3) is 0.500. The van der Waals surface area contributed by atoms with E-state index in [1.54, 1.807) is 0 Å². The van der Waals surface area contributed by atoms with Gasteiger partial charge < -0.3 is 0 Å². The summed E-state index contributed by atoms with van der Waals surface area (Å²) in [6.45, 7) is 7.25. The van der Waals surface area contributed by atoms with Crippen molar-refractivity contribution in [3.63, 3.8) is 0 Å². The van der Waals surface area contributed by atoms with Gasteiger partial charge in [-0.2, -0.15) is 0 Å². The highest BCUT2D eigenvalue weighted by atomic mass is 32.2. The van der Waals surface area contributed by atoms with Crippen molar-refractivity contribution in [3.05, 3.63) is 17.7 Å². The lowest BCUT2D eigenvalue weighted by molar-refractivity contribution is -0.113. The number of nitrogens with zero attached hydrogens (tertiary/aromatic N) is 2. The topological polar surface area (TPSA) is 89.0 Å². The van der Waals surface area contributed by atoms with Crippen LogP contribution in [0.4, 0.5) is 5.13 Å². The molecule has 0 atom stereocenters. The molecular weight excluding hydrogens is 274 g/mol. The molecule has 6 nitrogen and oxygen atoms in total. The van der Waals surface area contributed by atoms with E-state index in [4.69, 9.17) is 0 Å². The summed E-state index contributed by atoms with van der Waals surface area (Å²) in [5.41, 5.74) is 0. The Morgan fingerprint density at radius 2 is 2.17 bits per heavy atom. The molecule has 0 aromatic carbocycles. The molecule has 0 unspecified atom stereocenters. The number of hydrogen-bond acceptors (Lipinski definition) is 6. The van der Waals surface area contributed by atoms with Crippen LogP contribution in [-0.2, 0) is 14.6 Å². The second kappa shape index (κ2) is 6.05. The van der Waals surface area contributed by atoms with E-state index in [0.29, 0.717) is 5.13 Å². The van der Waals surface area contributed by atoms with E-state index in [1.807, 2.05) is 13.8 Å². The number of carbonyl (C=O) groups excluding carboxylic acids is 1. The van der Waals surface area contributed by atoms with Gasteiger partial charge in [-0.05, 0) is 0 Å². The lowest BCUT2D eigenvalue weighted by Crippen LogP contribution is -2.24. The minimum Gasteiger partial charge on any atom is -0.300 e. The summed E-state index contributed by atoms with van der Waals surface area (Å²) in [5.74, 6) is -1.18. The second-order valence-corrected chi connectivity index (χ2v) is 7.11. The van der Waals surface area contributed by atoms with Gasteiger partial charge in [-0.1, -0.05) is 31.3 Å². The van der Waals surface area contributed by atoms with Crippen LogP contribution < -0.4 is 5.32 Å². The van der Waals surface area contributed by atoms with Gasteiger partial charge in [0.05, 0.1) is 5.75 Å². The predicted molar refractivity (Wildman–Crippen MR) is 71.5 cm³/mol. The molecule has 0 bridgehead atoms. The third kappa shape index (κ3) is 4.53. The molecule has 0 aliphatic carbocycles. The Morgan fingerprint density at radius 3 is 2.67 bits per heavy atom. The van der Waals surface area contributed by atoms with E-state index in [9.17, 15) is 13.2 Å². The molecule has 0 saturated carbocycles. The average Bonchev–Trinajstić information content (AvgIpc) is 2.64. The molecule has 8 heteroatoms. The van der Waals surface area contributed by atoms with Gasteiger partial charge in [0, 0.05) is 5.92 Å². The number of nitrogens with one attached hydrogen (secondary N) is 1. The maximum Gasteiger partial charge on any atom is 0.241 e. The molecule has 100 valence electrons. The molecule has 0 aliphatic rings. The minimum atomic E-state index is -3.43. The molecule has 0 aliphatic heterocycles. The van der Waals surface area contributed by atoms with Crippen LogP contribution in [0.2, 0.25) is 0 Å². The first-order chi connectivity index (χ1) is 8.34. The van der Waals surface area contributed by atoms with Crippen molar-refractivity contribution in [2.75, 3.05) is 16.8 Å². The first-order valence-corrected chi connectivity index (χ1v) is 7.92. The highest BCUT2D eigenvalue weighted by molar-refractivity contribution is 7.92. The van der Waals surface area contributed by atoms with Crippen molar-refractivity contribution < 1.29 is 13.2 Å². The summed E-state index contributed by atoms with van der Waals surface area (Å²) >= 11 is 1.24. The highest BCUT2D eigenvalue weighted by Crippen LogP contribution is 2.22. The van der Waals surface area contributed by atoms with Gasteiger partial charge in [-0.25, -0.2) is 8.42 Å². The third-order valence-electron chi connectivity index (χ3n) is 1.90. The SMILES string of the molecule is C=CCS(=O)(=O)CC(=O)Nc1nnc(C(C)C)s1. The van der Waals surface area contributed by atoms with E-state index in [0.717, 1.165) is 5.01 Å². The molecule has 1 aromatic rings. The number of carbonyl (C=O) groups is 1. The van der Waals surface area contributed by atoms with Crippen LogP contribution in [0, 0.1) is 0 Å². The third-order valence-corrected chi connectivity index (χ3v) is 4.49. The lowest BCUT2D eigenvalue weighted by Gasteiger charge is -2.01. The molecule has 1 heterocycles. The number of anilines is 1. The van der Waals surface area contributed by atoms with E-state index in [2.05, 4.69) is 22.1 Å². The molecule has 0 fully saturated rings. The van der Waals surface area contributed by atoms with Crippen LogP contribution in [0.15, 0.2) is 12.7 Å². The standard InChI is InChI=1S/C10H15N3O3S2/c1-4-5-18(15,16)6-8(14)11-10-13-12-9(17-10)7(2)3/h4,7H,1,5-6H2,2-3H3,(H,11,13,14). The van der Waals surface area contributed by atoms with E-state index in [-0.39, 0.29) is 11.7 Å². The zero-order chi connectivity index (χ0) is 13.8. The number of amides is 1. The fourth-order valence-electron chi connectivity index (χ4n) is 1.11. The zero-order valence-electron chi connectivity index (χ0n) is 10.2. The van der Waals surface area contributed by atoms with Crippen LogP contribution in [0.5, 0.6) is 0 Å². The van der Waals surface area contributed by atoms with Gasteiger partial charge in [-0.3, -0.25) is 10.1 Å². The van der Waals surface area contributed by atoms with E-state index >= 15 is 0 Å². The molecule has 1 rings (SSSR count). The number of rotatable bonds is 6. The Labute approximate surface area is 110 Å². The molecular formula is C10H15N3O3S2. The highest BCUT2D eigenvalue weighted by Gasteiger charge is 2.17. The molecule has 1 N–H and O–H groups in total. The Bertz CT molecular complexity index is 534. The molecule has 0 saturated heterocycles. The minimum absolute atomic E-state index is 0.215. The van der Waals surface area contributed by atoms with E-state index in [1.165, 1.54) is 17.4 Å². The van der Waals surface area contributed by atoms with Crippen molar-refractivity contribution in [2.45, 2.75) is 19.8 Å². The number of hydrogen-bond donors (Lipinski definition) is 1. The largest absolute Gasteiger partial charge is 0.300 e. The summed E-state index contributed by atoms with van der Waals surface area (Å²) in [4.78, 5) is 11.5. The molecule has 1 aromatic heterocycles. The van der Waals surface area contributed by atoms with Crippen LogP contribution >= 0.6 is 11.3 Å². The smallest absolute Gasteiger partial charge is 0.241 e. The Kier molecular flexibility index (Phi) is 4.97. The van der Waals surface area contributed by atoms with Gasteiger partial charge in [0.1, 0.15) is 10.8 Å². The summed E-state index contributed by atoms with van der Waals surface area (Å²) in [6, 6.07) is 0. The van der Waals surface area contributed by atoms with Crippen LogP contribution in [-0.4, -0.2) is 36.0 Å². The zero-order valence-corrected chi connectivity index (χ0v) is 11.8. The Hall–Kier alpha value is -1.28. The van der Waals surface area contributed by atoms with Crippen molar-refractivity contribution in [1.82, 2.24) is 10.2 Å². The van der Waals surface area contributed by atoms with Gasteiger partial charge in [-0.15, -0.1) is 16.8 Å². The van der Waals surface area contributed by atoms with Crippen molar-refractivity contribution in [3.8, 4) is 0 Å². The quantitative estimate of drug-likeness (QED) is 0.795. The van der Waals surface area contributed by atoms with Gasteiger partial charge in [0.15, 0.2) is 9.84 Å². The van der Waals surface area contributed by atoms with Gasteiger partial charge >= 0.3 is 0 Å². The maximum absolute atomic E-state index is 11.5. The Morgan fingerprint density at radius 1 is 1.50 bits per heavy atom. The van der Waals surface area contributed by atoms with Crippen LogP contribution in [0.1, 0.15) is 24.8 Å². The molecule has 0 radical (unpaired) electrons. The van der Waals surface area contributed by atoms with Crippen molar-refractivity contribution in [2.24, 2.45) is 0 Å². The summed E-state index contributed by atoms with van der Waals surface area (Å²) in [5, 5.41) is 11.2. The number of sulfone groups is 1. The number of aromatic nitrogens is 2. The van der Waals surface area contributed by atoms with Gasteiger partial charge in [0.2, 0.25) is 11.0 Å². The lowest BCUT2D eigenvalue weighted by atomic mass is 10.2. The van der Waals surface area contributed by atoms with Crippen molar-refractivity contribution in [1.29, 1.82) is 0 Å². The molecule has 18 heavy (non-hydrogen) atoms. The molecule has 0 spiro atoms. The monoisotopic (exact) mass is 289 g/mol. The molecule has 1 amide bonds. The Balaban J connectivity index is 2.62. The van der Waals surface area contributed by atoms with Crippen LogP contribution in [0.25, 0.3) is 0 Å². The van der Waals surface area contributed by atoms with Gasteiger partial charge in [0.25, 0.3) is 0 Å². The normalized spacial score (nSPS) is 11.5. The summed E-state index contributed by atoms with van der Waals surface area (Å²) in [6.07, 6.45) is 1.25. The fourth-order valence-corrected chi connectivity index (χ4v) is 2.82. The second-order valence-electron chi connectivity index (χ2n) is 3.99. The maximum atomic E-state index is 11.5. The summed E-state index contributed by atoms with van der Waals surface area (Å²) in [7, 11) is -3.43. The van der Waals surface area contributed by atoms with E-state index < -0.39 is 21.5 Å². The predicted octanol–water partition coefficient (Wildman–Crippen LogP) is 1.20. The first kappa shape index (κ1) is 14.8. The van der Waals surface area contributed by atoms with Crippen molar-refractivity contribution >= 4 is 32.2 Å². The van der Waals surface area contributed by atoms with Crippen LogP contribution in [0.3, 0.4) is 0 Å². The summed E-state index contributed by atoms with van der Waals surface area (Å²) < 4.78 is 22.8.